The fourth-order valence-corrected chi connectivity index (χ4v) is 3.66. The quantitative estimate of drug-likeness (QED) is 0.365. The Balaban J connectivity index is 1.24. The number of aryl methyl sites for hydroxylation is 2. The molecular formula is C25H26N4O4. The number of rotatable bonds is 9. The van der Waals surface area contributed by atoms with E-state index in [0.29, 0.717) is 41.6 Å². The van der Waals surface area contributed by atoms with Crippen LogP contribution >= 0.6 is 0 Å². The lowest BCUT2D eigenvalue weighted by molar-refractivity contribution is 0.0954. The highest BCUT2D eigenvalue weighted by atomic mass is 16.5. The number of unbranched alkanes of at least 4 members (excludes halogenated alkanes) is 2. The van der Waals surface area contributed by atoms with Crippen LogP contribution in [-0.4, -0.2) is 39.8 Å². The predicted octanol–water partition coefficient (Wildman–Crippen LogP) is 4.45. The number of fused-ring (bicyclic) bond motifs is 1. The lowest BCUT2D eigenvalue weighted by atomic mass is 10.1. The van der Waals surface area contributed by atoms with Gasteiger partial charge in [0, 0.05) is 29.6 Å². The summed E-state index contributed by atoms with van der Waals surface area (Å²) in [6.07, 6.45) is 3.29. The number of hydrogen-bond acceptors (Lipinski definition) is 7. The number of carbonyl (C=O) groups is 1. The molecule has 2 aromatic carbocycles. The molecule has 0 bridgehead atoms. The van der Waals surface area contributed by atoms with Crippen LogP contribution < -0.4 is 10.1 Å². The van der Waals surface area contributed by atoms with Crippen molar-refractivity contribution in [2.45, 2.75) is 32.6 Å². The van der Waals surface area contributed by atoms with Gasteiger partial charge in [-0.3, -0.25) is 9.78 Å². The highest BCUT2D eigenvalue weighted by molar-refractivity contribution is 6.06. The van der Waals surface area contributed by atoms with Crippen molar-refractivity contribution in [1.82, 2.24) is 20.4 Å². The van der Waals surface area contributed by atoms with Crippen molar-refractivity contribution in [3.8, 4) is 22.9 Å². The summed E-state index contributed by atoms with van der Waals surface area (Å²) in [6.45, 7) is 2.49. The number of nitrogens with zero attached hydrogens (tertiary/aromatic N) is 3. The molecule has 0 aliphatic heterocycles. The zero-order chi connectivity index (χ0) is 23.2. The molecular weight excluding hydrogens is 420 g/mol. The third-order valence-corrected chi connectivity index (χ3v) is 5.35. The Kier molecular flexibility index (Phi) is 6.83. The second-order valence-corrected chi connectivity index (χ2v) is 7.79. The number of aromatic hydroxyl groups is 1. The Bertz CT molecular complexity index is 1270. The van der Waals surface area contributed by atoms with Crippen molar-refractivity contribution in [2.75, 3.05) is 13.7 Å². The maximum Gasteiger partial charge on any atom is 0.252 e. The molecule has 4 rings (SSSR count). The second kappa shape index (κ2) is 10.1. The number of para-hydroxylation sites is 1. The lowest BCUT2D eigenvalue weighted by Gasteiger charge is -2.09. The number of aromatic nitrogens is 3. The molecule has 33 heavy (non-hydrogen) atoms. The number of nitrogens with one attached hydrogen (secondary N) is 1. The van der Waals surface area contributed by atoms with Gasteiger partial charge in [0.05, 0.1) is 18.2 Å². The summed E-state index contributed by atoms with van der Waals surface area (Å²) >= 11 is 0. The first-order valence-corrected chi connectivity index (χ1v) is 10.9. The van der Waals surface area contributed by atoms with E-state index in [4.69, 9.17) is 9.26 Å². The Morgan fingerprint density at radius 3 is 2.79 bits per heavy atom. The molecule has 0 spiro atoms. The van der Waals surface area contributed by atoms with Gasteiger partial charge in [-0.2, -0.15) is 4.98 Å². The minimum Gasteiger partial charge on any atom is -0.504 e. The Hall–Kier alpha value is -3.94. The first-order chi connectivity index (χ1) is 16.0. The molecule has 0 saturated carbocycles. The van der Waals surface area contributed by atoms with Crippen LogP contribution in [0.15, 0.2) is 53.1 Å². The minimum atomic E-state index is -0.0810. The van der Waals surface area contributed by atoms with E-state index in [2.05, 4.69) is 20.4 Å². The summed E-state index contributed by atoms with van der Waals surface area (Å²) in [4.78, 5) is 21.6. The largest absolute Gasteiger partial charge is 0.504 e. The SMILES string of the molecule is COc1cc(-c2noc(CCCCCNC(=O)c3cc(C)nc4ccccc34)n2)ccc1O. The van der Waals surface area contributed by atoms with Gasteiger partial charge in [-0.05, 0) is 50.1 Å². The highest BCUT2D eigenvalue weighted by Crippen LogP contribution is 2.30. The van der Waals surface area contributed by atoms with Crippen LogP contribution in [0.2, 0.25) is 0 Å². The fraction of sp³-hybridized carbons (Fsp3) is 0.280. The average Bonchev–Trinajstić information content (AvgIpc) is 3.29. The first kappa shape index (κ1) is 22.3. The van der Waals surface area contributed by atoms with Gasteiger partial charge in [0.1, 0.15) is 0 Å². The highest BCUT2D eigenvalue weighted by Gasteiger charge is 2.13. The van der Waals surface area contributed by atoms with Crippen LogP contribution in [0.3, 0.4) is 0 Å². The molecule has 0 fully saturated rings. The van der Waals surface area contributed by atoms with Gasteiger partial charge in [0.2, 0.25) is 11.7 Å². The summed E-state index contributed by atoms with van der Waals surface area (Å²) in [6, 6.07) is 14.4. The zero-order valence-electron chi connectivity index (χ0n) is 18.7. The van der Waals surface area contributed by atoms with Crippen LogP contribution in [0.5, 0.6) is 11.5 Å². The Morgan fingerprint density at radius 2 is 1.94 bits per heavy atom. The van der Waals surface area contributed by atoms with Crippen molar-refractivity contribution in [1.29, 1.82) is 0 Å². The van der Waals surface area contributed by atoms with E-state index in [1.807, 2.05) is 37.3 Å². The van der Waals surface area contributed by atoms with Crippen LogP contribution in [0.1, 0.15) is 41.2 Å². The van der Waals surface area contributed by atoms with Crippen molar-refractivity contribution in [3.05, 3.63) is 65.7 Å². The fourth-order valence-electron chi connectivity index (χ4n) is 3.66. The Labute approximate surface area is 191 Å². The maximum absolute atomic E-state index is 12.7. The molecule has 0 unspecified atom stereocenters. The molecule has 0 saturated heterocycles. The van der Waals surface area contributed by atoms with Gasteiger partial charge in [-0.1, -0.05) is 29.8 Å². The number of phenols is 1. The number of hydrogen-bond donors (Lipinski definition) is 2. The molecule has 170 valence electrons. The molecule has 4 aromatic rings. The van der Waals surface area contributed by atoms with Crippen molar-refractivity contribution in [3.63, 3.8) is 0 Å². The van der Waals surface area contributed by atoms with Crippen LogP contribution in [0.25, 0.3) is 22.3 Å². The third kappa shape index (κ3) is 5.28. The number of ether oxygens (including phenoxy) is 1. The second-order valence-electron chi connectivity index (χ2n) is 7.79. The van der Waals surface area contributed by atoms with E-state index in [9.17, 15) is 9.90 Å². The number of phenolic OH excluding ortho intramolecular Hbond substituents is 1. The number of benzene rings is 2. The molecule has 0 aliphatic carbocycles. The topological polar surface area (TPSA) is 110 Å². The molecule has 2 aromatic heterocycles. The van der Waals surface area contributed by atoms with E-state index in [-0.39, 0.29) is 11.7 Å². The van der Waals surface area contributed by atoms with Crippen LogP contribution in [-0.2, 0) is 6.42 Å². The molecule has 2 heterocycles. The van der Waals surface area contributed by atoms with Gasteiger partial charge in [-0.15, -0.1) is 0 Å². The van der Waals surface area contributed by atoms with Gasteiger partial charge in [0.15, 0.2) is 11.5 Å². The van der Waals surface area contributed by atoms with Gasteiger partial charge in [-0.25, -0.2) is 0 Å². The smallest absolute Gasteiger partial charge is 0.252 e. The van der Waals surface area contributed by atoms with Crippen molar-refractivity contribution in [2.24, 2.45) is 0 Å². The van der Waals surface area contributed by atoms with E-state index in [0.717, 1.165) is 35.9 Å². The van der Waals surface area contributed by atoms with Crippen LogP contribution in [0, 0.1) is 6.92 Å². The normalized spacial score (nSPS) is 11.0. The Morgan fingerprint density at radius 1 is 1.09 bits per heavy atom. The monoisotopic (exact) mass is 446 g/mol. The lowest BCUT2D eigenvalue weighted by Crippen LogP contribution is -2.25. The molecule has 0 radical (unpaired) electrons. The molecule has 0 aliphatic rings. The first-order valence-electron chi connectivity index (χ1n) is 10.9. The zero-order valence-corrected chi connectivity index (χ0v) is 18.7. The van der Waals surface area contributed by atoms with Gasteiger partial charge < -0.3 is 19.7 Å². The van der Waals surface area contributed by atoms with E-state index < -0.39 is 0 Å². The van der Waals surface area contributed by atoms with Gasteiger partial charge in [0.25, 0.3) is 5.91 Å². The van der Waals surface area contributed by atoms with Crippen molar-refractivity contribution < 1.29 is 19.2 Å². The van der Waals surface area contributed by atoms with Crippen LogP contribution in [0.4, 0.5) is 0 Å². The summed E-state index contributed by atoms with van der Waals surface area (Å²) in [5.41, 5.74) is 3.01. The number of carbonyl (C=O) groups excluding carboxylic acids is 1. The minimum absolute atomic E-state index is 0.0595. The molecule has 8 heteroatoms. The number of methoxy groups -OCH3 is 1. The van der Waals surface area contributed by atoms with Crippen molar-refractivity contribution >= 4 is 16.8 Å². The van der Waals surface area contributed by atoms with E-state index in [1.54, 1.807) is 12.1 Å². The molecule has 2 N–H and O–H groups in total. The molecule has 0 atom stereocenters. The average molecular weight is 447 g/mol. The molecule has 1 amide bonds. The summed E-state index contributed by atoms with van der Waals surface area (Å²) in [7, 11) is 1.49. The standard InChI is InChI=1S/C25H26N4O4/c1-16-14-19(18-8-5-6-9-20(18)27-16)25(31)26-13-7-3-4-10-23-28-24(29-33-23)17-11-12-21(30)22(15-17)32-2/h5-6,8-9,11-12,14-15,30H,3-4,7,10,13H2,1-2H3,(H,26,31). The molecule has 8 nitrogen and oxygen atoms in total. The summed E-state index contributed by atoms with van der Waals surface area (Å²) < 4.78 is 10.5. The summed E-state index contributed by atoms with van der Waals surface area (Å²) in [5.74, 6) is 1.35. The predicted molar refractivity (Wildman–Crippen MR) is 124 cm³/mol. The maximum atomic E-state index is 12.7. The van der Waals surface area contributed by atoms with Gasteiger partial charge >= 0.3 is 0 Å². The third-order valence-electron chi connectivity index (χ3n) is 5.35. The number of pyridine rings is 1. The summed E-state index contributed by atoms with van der Waals surface area (Å²) in [5, 5.41) is 17.6. The van der Waals surface area contributed by atoms with E-state index in [1.165, 1.54) is 13.2 Å². The number of amides is 1. The van der Waals surface area contributed by atoms with E-state index >= 15 is 0 Å².